The number of ether oxygens (including phenoxy) is 1. The van der Waals surface area contributed by atoms with Crippen molar-refractivity contribution in [1.82, 2.24) is 0 Å². The van der Waals surface area contributed by atoms with Gasteiger partial charge in [-0.1, -0.05) is 57.2 Å². The molecule has 0 aliphatic heterocycles. The normalized spacial score (nSPS) is 12.1. The summed E-state index contributed by atoms with van der Waals surface area (Å²) in [7, 11) is 1.71. The molecule has 0 bridgehead atoms. The maximum atomic E-state index is 10.7. The fraction of sp³-hybridized carbons (Fsp3) is 0.348. The average molecular weight is 352 g/mol. The summed E-state index contributed by atoms with van der Waals surface area (Å²) in [4.78, 5) is 10.7. The topological polar surface area (TPSA) is 46.5 Å². The average Bonchev–Trinajstić information content (AvgIpc) is 2.59. The summed E-state index contributed by atoms with van der Waals surface area (Å²) in [5.74, 6) is 0.149. The van der Waals surface area contributed by atoms with Crippen molar-refractivity contribution in [3.63, 3.8) is 0 Å². The van der Waals surface area contributed by atoms with E-state index in [1.807, 2.05) is 30.3 Å². The highest BCUT2D eigenvalue weighted by atomic mass is 16.5. The largest absolute Gasteiger partial charge is 0.496 e. The lowest BCUT2D eigenvalue weighted by Crippen LogP contribution is -2.13. The van der Waals surface area contributed by atoms with Gasteiger partial charge in [-0.05, 0) is 53.2 Å². The van der Waals surface area contributed by atoms with Gasteiger partial charge in [-0.3, -0.25) is 4.79 Å². The van der Waals surface area contributed by atoms with Crippen molar-refractivity contribution < 1.29 is 14.6 Å². The Balaban J connectivity index is 2.25. The number of methoxy groups -OCH3 is 1. The molecule has 0 aromatic heterocycles. The van der Waals surface area contributed by atoms with Crippen molar-refractivity contribution in [2.24, 2.45) is 0 Å². The summed E-state index contributed by atoms with van der Waals surface area (Å²) in [6.45, 7) is 8.66. The van der Waals surface area contributed by atoms with Crippen LogP contribution in [0.1, 0.15) is 56.4 Å². The Morgan fingerprint density at radius 1 is 1.12 bits per heavy atom. The van der Waals surface area contributed by atoms with E-state index in [2.05, 4.69) is 45.9 Å². The molecule has 2 aromatic rings. The first kappa shape index (κ1) is 19.8. The molecule has 26 heavy (non-hydrogen) atoms. The lowest BCUT2D eigenvalue weighted by molar-refractivity contribution is -0.136. The van der Waals surface area contributed by atoms with E-state index in [1.54, 1.807) is 7.11 Å². The number of aryl methyl sites for hydroxylation is 1. The van der Waals surface area contributed by atoms with Crippen molar-refractivity contribution >= 4 is 17.6 Å². The molecule has 3 heteroatoms. The number of hydrogen-bond acceptors (Lipinski definition) is 2. The Kier molecular flexibility index (Phi) is 6.25. The van der Waals surface area contributed by atoms with E-state index < -0.39 is 5.97 Å². The van der Waals surface area contributed by atoms with Gasteiger partial charge in [0.05, 0.1) is 7.11 Å². The highest BCUT2D eigenvalue weighted by Crippen LogP contribution is 2.34. The zero-order chi connectivity index (χ0) is 19.3. The Hall–Kier alpha value is -2.55. The summed E-state index contributed by atoms with van der Waals surface area (Å²) in [5.41, 5.74) is 5.70. The second-order valence-electron chi connectivity index (χ2n) is 7.63. The zero-order valence-corrected chi connectivity index (χ0v) is 16.3. The predicted octanol–water partition coefficient (Wildman–Crippen LogP) is 5.57. The summed E-state index contributed by atoms with van der Waals surface area (Å²) < 4.78 is 5.52. The van der Waals surface area contributed by atoms with Crippen molar-refractivity contribution in [3.05, 3.63) is 64.7 Å². The van der Waals surface area contributed by atoms with Crippen LogP contribution in [0.3, 0.4) is 0 Å². The number of carboxylic acid groups (broad SMARTS) is 1. The molecule has 0 radical (unpaired) electrons. The molecule has 2 aromatic carbocycles. The molecule has 0 fully saturated rings. The van der Waals surface area contributed by atoms with Crippen LogP contribution in [0.4, 0.5) is 0 Å². The first-order valence-electron chi connectivity index (χ1n) is 8.88. The van der Waals surface area contributed by atoms with E-state index in [0.29, 0.717) is 6.42 Å². The number of aliphatic carboxylic acids is 1. The third-order valence-corrected chi connectivity index (χ3v) is 4.45. The van der Waals surface area contributed by atoms with E-state index in [1.165, 1.54) is 16.7 Å². The van der Waals surface area contributed by atoms with Crippen molar-refractivity contribution in [3.8, 4) is 5.75 Å². The maximum Gasteiger partial charge on any atom is 0.303 e. The Morgan fingerprint density at radius 2 is 1.77 bits per heavy atom. The van der Waals surface area contributed by atoms with Gasteiger partial charge in [-0.15, -0.1) is 0 Å². The molecule has 0 saturated carbocycles. The third-order valence-electron chi connectivity index (χ3n) is 4.45. The monoisotopic (exact) mass is 352 g/mol. The van der Waals surface area contributed by atoms with Crippen LogP contribution >= 0.6 is 0 Å². The van der Waals surface area contributed by atoms with E-state index in [9.17, 15) is 4.79 Å². The summed E-state index contributed by atoms with van der Waals surface area (Å²) >= 11 is 0. The Morgan fingerprint density at radius 3 is 2.31 bits per heavy atom. The number of carboxylic acids is 1. The molecule has 0 atom stereocenters. The Labute approximate surface area is 156 Å². The summed E-state index contributed by atoms with van der Waals surface area (Å²) in [6.07, 6.45) is 2.87. The van der Waals surface area contributed by atoms with Crippen molar-refractivity contribution in [1.29, 1.82) is 0 Å². The first-order valence-corrected chi connectivity index (χ1v) is 8.88. The minimum atomic E-state index is -0.765. The van der Waals surface area contributed by atoms with Gasteiger partial charge < -0.3 is 9.84 Å². The van der Waals surface area contributed by atoms with Crippen LogP contribution in [0.2, 0.25) is 0 Å². The van der Waals surface area contributed by atoms with Crippen LogP contribution in [0.25, 0.3) is 11.6 Å². The molecule has 3 nitrogen and oxygen atoms in total. The van der Waals surface area contributed by atoms with Gasteiger partial charge in [0.1, 0.15) is 5.75 Å². The van der Waals surface area contributed by atoms with Crippen molar-refractivity contribution in [2.75, 3.05) is 7.11 Å². The van der Waals surface area contributed by atoms with Crippen LogP contribution in [0, 0.1) is 0 Å². The third kappa shape index (κ3) is 5.22. The fourth-order valence-corrected chi connectivity index (χ4v) is 2.90. The minimum Gasteiger partial charge on any atom is -0.496 e. The Bertz CT molecular complexity index is 793. The van der Waals surface area contributed by atoms with Gasteiger partial charge in [-0.25, -0.2) is 0 Å². The van der Waals surface area contributed by atoms with Gasteiger partial charge in [0, 0.05) is 12.0 Å². The molecule has 0 heterocycles. The molecule has 0 spiro atoms. The molecule has 0 aliphatic rings. The predicted molar refractivity (Wildman–Crippen MR) is 108 cm³/mol. The van der Waals surface area contributed by atoms with E-state index in [0.717, 1.165) is 16.9 Å². The molecule has 138 valence electrons. The molecule has 1 N–H and O–H groups in total. The van der Waals surface area contributed by atoms with Gasteiger partial charge >= 0.3 is 5.97 Å². The van der Waals surface area contributed by atoms with Crippen LogP contribution in [0.15, 0.2) is 42.5 Å². The van der Waals surface area contributed by atoms with Crippen LogP contribution in [-0.4, -0.2) is 18.2 Å². The van der Waals surface area contributed by atoms with Crippen molar-refractivity contribution in [2.45, 2.75) is 46.0 Å². The second-order valence-corrected chi connectivity index (χ2v) is 7.63. The smallest absolute Gasteiger partial charge is 0.303 e. The quantitative estimate of drug-likeness (QED) is 0.691. The van der Waals surface area contributed by atoms with Gasteiger partial charge in [0.2, 0.25) is 0 Å². The summed E-state index contributed by atoms with van der Waals surface area (Å²) in [6, 6.07) is 14.4. The van der Waals surface area contributed by atoms with Gasteiger partial charge in [-0.2, -0.15) is 0 Å². The first-order chi connectivity index (χ1) is 12.2. The molecule has 0 amide bonds. The summed E-state index contributed by atoms with van der Waals surface area (Å²) in [5, 5.41) is 8.77. The number of benzene rings is 2. The van der Waals surface area contributed by atoms with E-state index >= 15 is 0 Å². The minimum absolute atomic E-state index is 0.00736. The number of rotatable bonds is 6. The number of carbonyl (C=O) groups is 1. The highest BCUT2D eigenvalue weighted by molar-refractivity contribution is 5.80. The van der Waals surface area contributed by atoms with Crippen LogP contribution in [-0.2, 0) is 16.6 Å². The SMILES string of the molecule is COc1ccc(C(C)=Cc2ccc(CCC(=O)O)cc2)cc1C(C)(C)C. The molecule has 0 aliphatic carbocycles. The van der Waals surface area contributed by atoms with E-state index in [4.69, 9.17) is 9.84 Å². The molecular weight excluding hydrogens is 324 g/mol. The van der Waals surface area contributed by atoms with Gasteiger partial charge in [0.15, 0.2) is 0 Å². The molecular formula is C23H28O3. The molecule has 2 rings (SSSR count). The standard InChI is InChI=1S/C23H28O3/c1-16(14-18-8-6-17(7-9-18)10-13-22(24)25)19-11-12-21(26-5)20(15-19)23(2,3)4/h6-9,11-12,14-15H,10,13H2,1-5H3,(H,24,25). The highest BCUT2D eigenvalue weighted by Gasteiger charge is 2.19. The van der Waals surface area contributed by atoms with E-state index in [-0.39, 0.29) is 11.8 Å². The lowest BCUT2D eigenvalue weighted by atomic mass is 9.84. The molecule has 0 unspecified atom stereocenters. The molecule has 0 saturated heterocycles. The maximum absolute atomic E-state index is 10.7. The second kappa shape index (κ2) is 8.22. The van der Waals surface area contributed by atoms with Crippen LogP contribution < -0.4 is 4.74 Å². The number of hydrogen-bond donors (Lipinski definition) is 1. The van der Waals surface area contributed by atoms with Gasteiger partial charge in [0.25, 0.3) is 0 Å². The number of allylic oxidation sites excluding steroid dienone is 1. The zero-order valence-electron chi connectivity index (χ0n) is 16.3. The van der Waals surface area contributed by atoms with Crippen LogP contribution in [0.5, 0.6) is 5.75 Å². The lowest BCUT2D eigenvalue weighted by Gasteiger charge is -2.23. The fourth-order valence-electron chi connectivity index (χ4n) is 2.90.